The van der Waals surface area contributed by atoms with Gasteiger partial charge in [-0.2, -0.15) is 0 Å². The number of rotatable bonds is 5. The molecule has 24 heavy (non-hydrogen) atoms. The van der Waals surface area contributed by atoms with Crippen LogP contribution in [0, 0.1) is 5.82 Å². The van der Waals surface area contributed by atoms with Gasteiger partial charge in [-0.25, -0.2) is 9.37 Å². The summed E-state index contributed by atoms with van der Waals surface area (Å²) in [6.45, 7) is 1.09. The summed E-state index contributed by atoms with van der Waals surface area (Å²) in [4.78, 5) is 28.2. The summed E-state index contributed by atoms with van der Waals surface area (Å²) >= 11 is 0. The zero-order chi connectivity index (χ0) is 16.9. The Balaban J connectivity index is 1.63. The van der Waals surface area contributed by atoms with Gasteiger partial charge in [0, 0.05) is 24.8 Å². The molecule has 1 aromatic heterocycles. The summed E-state index contributed by atoms with van der Waals surface area (Å²) in [5, 5.41) is 2.76. The standard InChI is InChI=1S/C17H18FN3O3/c18-13-5-3-12(4-6-13)15-8-17(23)21(11-20-15)10-16(22)19-9-14-2-1-7-24-14/h3-6,8,11,14H,1-2,7,9-10H2,(H,19,22). The molecule has 1 aliphatic rings. The number of nitrogens with zero attached hydrogens (tertiary/aromatic N) is 2. The number of hydrogen-bond donors (Lipinski definition) is 1. The maximum absolute atomic E-state index is 12.9. The minimum absolute atomic E-state index is 0.0599. The normalized spacial score (nSPS) is 17.0. The van der Waals surface area contributed by atoms with Gasteiger partial charge < -0.3 is 10.1 Å². The van der Waals surface area contributed by atoms with Crippen LogP contribution in [0.4, 0.5) is 4.39 Å². The van der Waals surface area contributed by atoms with Crippen LogP contribution in [-0.4, -0.2) is 34.7 Å². The number of carbonyl (C=O) groups is 1. The Morgan fingerprint density at radius 1 is 1.38 bits per heavy atom. The van der Waals surface area contributed by atoms with E-state index in [0.717, 1.165) is 19.4 Å². The third-order valence-electron chi connectivity index (χ3n) is 3.88. The lowest BCUT2D eigenvalue weighted by molar-refractivity contribution is -0.122. The zero-order valence-electron chi connectivity index (χ0n) is 13.1. The van der Waals surface area contributed by atoms with Crippen LogP contribution >= 0.6 is 0 Å². The van der Waals surface area contributed by atoms with Gasteiger partial charge in [0.15, 0.2) is 0 Å². The molecule has 0 spiro atoms. The molecular formula is C17H18FN3O3. The van der Waals surface area contributed by atoms with Gasteiger partial charge in [0.1, 0.15) is 12.4 Å². The molecule has 2 aromatic rings. The van der Waals surface area contributed by atoms with E-state index in [0.29, 0.717) is 17.8 Å². The van der Waals surface area contributed by atoms with Gasteiger partial charge in [-0.05, 0) is 37.1 Å². The minimum atomic E-state index is -0.352. The van der Waals surface area contributed by atoms with Crippen molar-refractivity contribution in [1.29, 1.82) is 0 Å². The van der Waals surface area contributed by atoms with E-state index >= 15 is 0 Å². The van der Waals surface area contributed by atoms with Crippen LogP contribution in [0.1, 0.15) is 12.8 Å². The number of amides is 1. The van der Waals surface area contributed by atoms with Crippen molar-refractivity contribution >= 4 is 5.91 Å². The molecule has 126 valence electrons. The Labute approximate surface area is 138 Å². The summed E-state index contributed by atoms with van der Waals surface area (Å²) in [5.41, 5.74) is 0.746. The fraction of sp³-hybridized carbons (Fsp3) is 0.353. The van der Waals surface area contributed by atoms with Crippen molar-refractivity contribution in [2.45, 2.75) is 25.5 Å². The van der Waals surface area contributed by atoms with Crippen molar-refractivity contribution < 1.29 is 13.9 Å². The molecule has 0 saturated carbocycles. The highest BCUT2D eigenvalue weighted by atomic mass is 19.1. The van der Waals surface area contributed by atoms with Crippen molar-refractivity contribution in [3.05, 3.63) is 52.8 Å². The summed E-state index contributed by atoms with van der Waals surface area (Å²) in [6, 6.07) is 7.05. The van der Waals surface area contributed by atoms with E-state index in [1.165, 1.54) is 29.1 Å². The molecule has 1 fully saturated rings. The van der Waals surface area contributed by atoms with Crippen LogP contribution in [0.25, 0.3) is 11.3 Å². The maximum Gasteiger partial charge on any atom is 0.254 e. The number of carbonyl (C=O) groups excluding carboxylic acids is 1. The molecule has 0 bridgehead atoms. The first-order valence-corrected chi connectivity index (χ1v) is 7.82. The number of ether oxygens (including phenoxy) is 1. The second-order valence-corrected chi connectivity index (χ2v) is 5.69. The van der Waals surface area contributed by atoms with E-state index in [4.69, 9.17) is 4.74 Å². The topological polar surface area (TPSA) is 73.2 Å². The Bertz CT molecular complexity index is 767. The SMILES string of the molecule is O=C(Cn1cnc(-c2ccc(F)cc2)cc1=O)NCC1CCCO1. The summed E-state index contributed by atoms with van der Waals surface area (Å²) in [6.07, 6.45) is 3.33. The van der Waals surface area contributed by atoms with E-state index < -0.39 is 0 Å². The molecule has 0 radical (unpaired) electrons. The van der Waals surface area contributed by atoms with Crippen LogP contribution in [0.3, 0.4) is 0 Å². The highest BCUT2D eigenvalue weighted by molar-refractivity contribution is 5.75. The molecule has 3 rings (SSSR count). The molecule has 1 N–H and O–H groups in total. The molecule has 1 aliphatic heterocycles. The first-order valence-electron chi connectivity index (χ1n) is 7.82. The first-order chi connectivity index (χ1) is 11.6. The van der Waals surface area contributed by atoms with Crippen molar-refractivity contribution in [3.63, 3.8) is 0 Å². The van der Waals surface area contributed by atoms with E-state index in [1.807, 2.05) is 0 Å². The van der Waals surface area contributed by atoms with Gasteiger partial charge in [0.2, 0.25) is 5.91 Å². The Kier molecular flexibility index (Phi) is 5.00. The number of halogens is 1. The molecule has 2 heterocycles. The predicted molar refractivity (Wildman–Crippen MR) is 85.9 cm³/mol. The molecule has 1 unspecified atom stereocenters. The van der Waals surface area contributed by atoms with Gasteiger partial charge in [0.05, 0.1) is 18.1 Å². The summed E-state index contributed by atoms with van der Waals surface area (Å²) in [7, 11) is 0. The average Bonchev–Trinajstić information content (AvgIpc) is 3.09. The molecule has 1 amide bonds. The van der Waals surface area contributed by atoms with Crippen LogP contribution in [0.15, 0.2) is 41.5 Å². The van der Waals surface area contributed by atoms with E-state index in [2.05, 4.69) is 10.3 Å². The monoisotopic (exact) mass is 331 g/mol. The average molecular weight is 331 g/mol. The van der Waals surface area contributed by atoms with Crippen molar-refractivity contribution in [2.24, 2.45) is 0 Å². The summed E-state index contributed by atoms with van der Waals surface area (Å²) in [5.74, 6) is -0.612. The highest BCUT2D eigenvalue weighted by Gasteiger charge is 2.16. The van der Waals surface area contributed by atoms with Gasteiger partial charge in [-0.3, -0.25) is 14.2 Å². The second kappa shape index (κ2) is 7.35. The fourth-order valence-corrected chi connectivity index (χ4v) is 2.57. The Morgan fingerprint density at radius 2 is 2.17 bits per heavy atom. The smallest absolute Gasteiger partial charge is 0.254 e. The lowest BCUT2D eigenvalue weighted by Crippen LogP contribution is -2.36. The predicted octanol–water partition coefficient (Wildman–Crippen LogP) is 1.34. The summed E-state index contributed by atoms with van der Waals surface area (Å²) < 4.78 is 19.6. The first kappa shape index (κ1) is 16.3. The van der Waals surface area contributed by atoms with Crippen LogP contribution in [0.5, 0.6) is 0 Å². The lowest BCUT2D eigenvalue weighted by atomic mass is 10.1. The van der Waals surface area contributed by atoms with E-state index in [1.54, 1.807) is 12.1 Å². The Morgan fingerprint density at radius 3 is 2.83 bits per heavy atom. The third kappa shape index (κ3) is 4.05. The van der Waals surface area contributed by atoms with E-state index in [-0.39, 0.29) is 29.9 Å². The Hall–Kier alpha value is -2.54. The number of aromatic nitrogens is 2. The second-order valence-electron chi connectivity index (χ2n) is 5.69. The van der Waals surface area contributed by atoms with Gasteiger partial charge in [0.25, 0.3) is 5.56 Å². The zero-order valence-corrected chi connectivity index (χ0v) is 13.1. The fourth-order valence-electron chi connectivity index (χ4n) is 2.57. The number of hydrogen-bond acceptors (Lipinski definition) is 4. The molecule has 6 nitrogen and oxygen atoms in total. The molecular weight excluding hydrogens is 313 g/mol. The molecule has 1 atom stereocenters. The van der Waals surface area contributed by atoms with Gasteiger partial charge in [-0.15, -0.1) is 0 Å². The van der Waals surface area contributed by atoms with Crippen molar-refractivity contribution in [3.8, 4) is 11.3 Å². The number of nitrogens with one attached hydrogen (secondary N) is 1. The number of benzene rings is 1. The van der Waals surface area contributed by atoms with Crippen LogP contribution in [-0.2, 0) is 16.1 Å². The highest BCUT2D eigenvalue weighted by Crippen LogP contribution is 2.15. The lowest BCUT2D eigenvalue weighted by Gasteiger charge is -2.11. The molecule has 0 aliphatic carbocycles. The molecule has 7 heteroatoms. The molecule has 1 aromatic carbocycles. The minimum Gasteiger partial charge on any atom is -0.376 e. The van der Waals surface area contributed by atoms with Crippen molar-refractivity contribution in [1.82, 2.24) is 14.9 Å². The van der Waals surface area contributed by atoms with Crippen molar-refractivity contribution in [2.75, 3.05) is 13.2 Å². The third-order valence-corrected chi connectivity index (χ3v) is 3.88. The van der Waals surface area contributed by atoms with Gasteiger partial charge in [-0.1, -0.05) is 0 Å². The van der Waals surface area contributed by atoms with Crippen LogP contribution in [0.2, 0.25) is 0 Å². The maximum atomic E-state index is 12.9. The van der Waals surface area contributed by atoms with E-state index in [9.17, 15) is 14.0 Å². The van der Waals surface area contributed by atoms with Gasteiger partial charge >= 0.3 is 0 Å². The molecule has 1 saturated heterocycles. The largest absolute Gasteiger partial charge is 0.376 e. The quantitative estimate of drug-likeness (QED) is 0.897. The van der Waals surface area contributed by atoms with Crippen LogP contribution < -0.4 is 10.9 Å².